The van der Waals surface area contributed by atoms with Crippen LogP contribution in [0.2, 0.25) is 0 Å². The van der Waals surface area contributed by atoms with Crippen LogP contribution in [0.1, 0.15) is 70.9 Å². The van der Waals surface area contributed by atoms with Crippen molar-refractivity contribution in [1.82, 2.24) is 15.4 Å². The quantitative estimate of drug-likeness (QED) is 0.170. The minimum Gasteiger partial charge on any atom is -0.486 e. The van der Waals surface area contributed by atoms with Crippen LogP contribution in [0.3, 0.4) is 0 Å². The second-order valence-corrected chi connectivity index (χ2v) is 13.8. The van der Waals surface area contributed by atoms with Gasteiger partial charge in [-0.2, -0.15) is 0 Å². The van der Waals surface area contributed by atoms with E-state index >= 15 is 0 Å². The Morgan fingerprint density at radius 2 is 1.61 bits per heavy atom. The summed E-state index contributed by atoms with van der Waals surface area (Å²) in [6, 6.07) is 15.3. The molecule has 11 nitrogen and oxygen atoms in total. The van der Waals surface area contributed by atoms with E-state index in [2.05, 4.69) is 29.2 Å². The van der Waals surface area contributed by atoms with Gasteiger partial charge in [-0.3, -0.25) is 28.9 Å². The van der Waals surface area contributed by atoms with Crippen molar-refractivity contribution in [3.63, 3.8) is 0 Å². The first-order chi connectivity index (χ1) is 23.6. The topological polar surface area (TPSA) is 154 Å². The zero-order valence-corrected chi connectivity index (χ0v) is 29.8. The fourth-order valence-corrected chi connectivity index (χ4v) is 7.43. The number of amides is 3. The Labute approximate surface area is 295 Å². The van der Waals surface area contributed by atoms with E-state index in [4.69, 9.17) is 4.74 Å². The van der Waals surface area contributed by atoms with Gasteiger partial charge >= 0.3 is 5.97 Å². The summed E-state index contributed by atoms with van der Waals surface area (Å²) < 4.78 is 9.47. The van der Waals surface area contributed by atoms with Crippen molar-refractivity contribution >= 4 is 58.9 Å². The van der Waals surface area contributed by atoms with Crippen LogP contribution < -0.4 is 20.3 Å². The standard InChI is InChI=1S/C36H44N4O7S2/c1-5-7-19-36(20-8-6-2)35(46)40(25-17-13-10-14-18-25)30-27(49-39-36)21-26(32(48-4)31(30)42)47-22-28(41)38-29(24-15-11-9-12-16-24)33(43)37-23(3)34(44)45/h9-18,21,23,29,32,39H,5-8,19-20,22H2,1-4H3,(H,37,43)(H,38,41)(H,44,45)/t23-,29+,32?/m0/s1. The molecule has 1 unspecified atom stereocenters. The highest BCUT2D eigenvalue weighted by Gasteiger charge is 2.48. The summed E-state index contributed by atoms with van der Waals surface area (Å²) in [5, 5.41) is 13.5. The summed E-state index contributed by atoms with van der Waals surface area (Å²) in [7, 11) is 0. The number of nitrogens with one attached hydrogen (secondary N) is 3. The summed E-state index contributed by atoms with van der Waals surface area (Å²) >= 11 is 2.46. The normalized spacial score (nSPS) is 18.5. The molecule has 0 bridgehead atoms. The number of carboxylic acid groups (broad SMARTS) is 1. The molecule has 2 aliphatic rings. The van der Waals surface area contributed by atoms with E-state index in [0.29, 0.717) is 29.0 Å². The van der Waals surface area contributed by atoms with E-state index in [0.717, 1.165) is 25.7 Å². The maximum Gasteiger partial charge on any atom is 0.325 e. The Kier molecular flexibility index (Phi) is 13.5. The van der Waals surface area contributed by atoms with Crippen LogP contribution in [0.25, 0.3) is 0 Å². The number of para-hydroxylation sites is 1. The predicted octanol–water partition coefficient (Wildman–Crippen LogP) is 5.26. The number of unbranched alkanes of at least 4 members (excludes halogenated alkanes) is 2. The van der Waals surface area contributed by atoms with Gasteiger partial charge in [0.25, 0.3) is 11.8 Å². The van der Waals surface area contributed by atoms with Crippen molar-refractivity contribution in [3.05, 3.63) is 88.7 Å². The van der Waals surface area contributed by atoms with Crippen molar-refractivity contribution in [2.24, 2.45) is 0 Å². The first kappa shape index (κ1) is 37.7. The molecule has 1 aliphatic heterocycles. The monoisotopic (exact) mass is 708 g/mol. The Bertz CT molecular complexity index is 1570. The maximum absolute atomic E-state index is 14.6. The highest BCUT2D eigenvalue weighted by molar-refractivity contribution is 8.01. The minimum atomic E-state index is -1.22. The molecule has 3 atom stereocenters. The Hall–Kier alpha value is -4.07. The second-order valence-electron chi connectivity index (χ2n) is 12.0. The lowest BCUT2D eigenvalue weighted by Crippen LogP contribution is -2.55. The molecule has 0 saturated heterocycles. The van der Waals surface area contributed by atoms with Crippen LogP contribution in [0.5, 0.6) is 0 Å². The van der Waals surface area contributed by atoms with Crippen LogP contribution in [0.4, 0.5) is 5.69 Å². The second kappa shape index (κ2) is 17.5. The summed E-state index contributed by atoms with van der Waals surface area (Å²) in [6.45, 7) is 4.98. The molecule has 2 aromatic carbocycles. The van der Waals surface area contributed by atoms with Crippen LogP contribution in [-0.4, -0.2) is 64.3 Å². The van der Waals surface area contributed by atoms with Crippen LogP contribution in [0.15, 0.2) is 83.1 Å². The third kappa shape index (κ3) is 8.94. The molecule has 0 radical (unpaired) electrons. The largest absolute Gasteiger partial charge is 0.486 e. The van der Waals surface area contributed by atoms with Gasteiger partial charge in [-0.05, 0) is 61.7 Å². The van der Waals surface area contributed by atoms with Gasteiger partial charge < -0.3 is 20.5 Å². The number of carbonyl (C=O) groups is 5. The first-order valence-electron chi connectivity index (χ1n) is 16.4. The molecular weight excluding hydrogens is 665 g/mol. The van der Waals surface area contributed by atoms with Gasteiger partial charge in [0.2, 0.25) is 11.7 Å². The average Bonchev–Trinajstić information content (AvgIpc) is 3.22. The van der Waals surface area contributed by atoms with Crippen LogP contribution in [0, 0.1) is 0 Å². The highest BCUT2D eigenvalue weighted by Crippen LogP contribution is 2.43. The van der Waals surface area contributed by atoms with E-state index in [-0.39, 0.29) is 23.1 Å². The number of carboxylic acids is 1. The molecule has 4 N–H and O–H groups in total. The zero-order chi connectivity index (χ0) is 35.6. The van der Waals surface area contributed by atoms with Crippen molar-refractivity contribution in [3.8, 4) is 0 Å². The van der Waals surface area contributed by atoms with Crippen LogP contribution in [-0.2, 0) is 28.7 Å². The van der Waals surface area contributed by atoms with Gasteiger partial charge in [0.15, 0.2) is 6.61 Å². The fourth-order valence-electron chi connectivity index (χ4n) is 5.68. The van der Waals surface area contributed by atoms with Gasteiger partial charge in [-0.15, -0.1) is 11.8 Å². The number of allylic oxidation sites excluding steroid dienone is 2. The lowest BCUT2D eigenvalue weighted by molar-refractivity contribution is -0.141. The highest BCUT2D eigenvalue weighted by atomic mass is 32.2. The zero-order valence-electron chi connectivity index (χ0n) is 28.2. The maximum atomic E-state index is 14.6. The summed E-state index contributed by atoms with van der Waals surface area (Å²) in [4.78, 5) is 68.7. The van der Waals surface area contributed by atoms with Gasteiger partial charge in [0.05, 0.1) is 4.91 Å². The summed E-state index contributed by atoms with van der Waals surface area (Å²) in [5.41, 5.74) is 0.400. The van der Waals surface area contributed by atoms with E-state index in [1.54, 1.807) is 47.6 Å². The van der Waals surface area contributed by atoms with Crippen molar-refractivity contribution in [2.75, 3.05) is 17.8 Å². The number of nitrogens with zero attached hydrogens (tertiary/aromatic N) is 1. The van der Waals surface area contributed by atoms with Crippen LogP contribution >= 0.6 is 23.7 Å². The lowest BCUT2D eigenvalue weighted by Gasteiger charge is -2.36. The first-order valence-corrected chi connectivity index (χ1v) is 18.5. The molecule has 1 aliphatic carbocycles. The molecule has 1 heterocycles. The Balaban J connectivity index is 1.65. The number of carbonyl (C=O) groups excluding carboxylic acids is 4. The molecular formula is C36H44N4O7S2. The number of hydrogen-bond donors (Lipinski definition) is 4. The third-order valence-electron chi connectivity index (χ3n) is 8.39. The number of ether oxygens (including phenoxy) is 1. The SMILES string of the molecule is CCCCC1(CCCC)NSC2=C(C(=O)C(SC)C(OCC(=O)N[C@@H](C(=O)N[C@@H](C)C(=O)O)c3ccccc3)=C2)N(c2ccccc2)C1=O. The molecule has 0 saturated carbocycles. The average molecular weight is 709 g/mol. The van der Waals surface area contributed by atoms with Crippen molar-refractivity contribution < 1.29 is 33.8 Å². The summed E-state index contributed by atoms with van der Waals surface area (Å²) in [6.07, 6.45) is 8.14. The Morgan fingerprint density at radius 3 is 2.18 bits per heavy atom. The molecule has 2 aromatic rings. The lowest BCUT2D eigenvalue weighted by atomic mass is 9.86. The molecule has 0 fully saturated rings. The molecule has 0 spiro atoms. The van der Waals surface area contributed by atoms with E-state index < -0.39 is 47.3 Å². The van der Waals surface area contributed by atoms with E-state index in [9.17, 15) is 29.1 Å². The van der Waals surface area contributed by atoms with E-state index in [1.807, 2.05) is 30.3 Å². The van der Waals surface area contributed by atoms with Gasteiger partial charge in [0, 0.05) is 5.69 Å². The molecule has 13 heteroatoms. The number of anilines is 1. The molecule has 0 aromatic heterocycles. The summed E-state index contributed by atoms with van der Waals surface area (Å²) in [5.74, 6) is -2.81. The number of aliphatic carboxylic acids is 1. The third-order valence-corrected chi connectivity index (χ3v) is 10.3. The van der Waals surface area contributed by atoms with E-state index in [1.165, 1.54) is 30.6 Å². The number of hydrogen-bond acceptors (Lipinski definition) is 9. The van der Waals surface area contributed by atoms with Gasteiger partial charge in [-0.25, -0.2) is 4.72 Å². The number of ketones is 1. The Morgan fingerprint density at radius 1 is 1.00 bits per heavy atom. The number of benzene rings is 2. The molecule has 4 rings (SSSR count). The van der Waals surface area contributed by atoms with Crippen molar-refractivity contribution in [1.29, 1.82) is 0 Å². The number of thioether (sulfide) groups is 1. The smallest absolute Gasteiger partial charge is 0.325 e. The predicted molar refractivity (Wildman–Crippen MR) is 192 cm³/mol. The van der Waals surface area contributed by atoms with Gasteiger partial charge in [-0.1, -0.05) is 88.1 Å². The number of Topliss-reactive ketones (excluding diaryl/α,β-unsaturated/α-hetero) is 1. The van der Waals surface area contributed by atoms with Gasteiger partial charge in [0.1, 0.15) is 34.3 Å². The number of rotatable bonds is 16. The van der Waals surface area contributed by atoms with Crippen molar-refractivity contribution in [2.45, 2.75) is 82.2 Å². The molecule has 3 amide bonds. The molecule has 49 heavy (non-hydrogen) atoms. The molecule has 262 valence electrons. The fraction of sp³-hybridized carbons (Fsp3) is 0.417. The minimum absolute atomic E-state index is 0.175.